The highest BCUT2D eigenvalue weighted by Gasteiger charge is 2.23. The molecule has 94 valence electrons. The molecule has 0 saturated carbocycles. The first-order valence-corrected chi connectivity index (χ1v) is 5.59. The number of nitrogens with one attached hydrogen (secondary N) is 1. The first-order valence-electron chi connectivity index (χ1n) is 5.59. The van der Waals surface area contributed by atoms with Crippen LogP contribution in [0.25, 0.3) is 11.4 Å². The van der Waals surface area contributed by atoms with Gasteiger partial charge in [-0.1, -0.05) is 44.1 Å². The summed E-state index contributed by atoms with van der Waals surface area (Å²) in [5.41, 5.74) is 0.787. The van der Waals surface area contributed by atoms with E-state index in [1.807, 2.05) is 20.8 Å². The van der Waals surface area contributed by atoms with Crippen LogP contribution in [0.15, 0.2) is 33.6 Å². The number of rotatable bonds is 2. The minimum absolute atomic E-state index is 0.0372. The van der Waals surface area contributed by atoms with Gasteiger partial charge in [-0.05, 0) is 6.07 Å². The molecule has 1 aromatic carbocycles. The molecule has 1 aromatic heterocycles. The molecule has 0 saturated heterocycles. The van der Waals surface area contributed by atoms with Gasteiger partial charge in [0.25, 0.3) is 0 Å². The fourth-order valence-electron chi connectivity index (χ4n) is 1.60. The molecule has 0 aliphatic rings. The second kappa shape index (κ2) is 4.25. The zero-order valence-electron chi connectivity index (χ0n) is 10.5. The summed E-state index contributed by atoms with van der Waals surface area (Å²) in [5, 5.41) is 3.59. The minimum atomic E-state index is -0.613. The fourth-order valence-corrected chi connectivity index (χ4v) is 1.60. The number of carbonyl (C=O) groups excluding carboxylic acids is 1. The maximum atomic E-state index is 12.1. The summed E-state index contributed by atoms with van der Waals surface area (Å²) < 4.78 is 4.44. The predicted molar refractivity (Wildman–Crippen MR) is 66.3 cm³/mol. The van der Waals surface area contributed by atoms with Gasteiger partial charge in [-0.25, -0.2) is 4.79 Å². The van der Waals surface area contributed by atoms with Crippen LogP contribution in [0.2, 0.25) is 0 Å². The maximum absolute atomic E-state index is 12.1. The van der Waals surface area contributed by atoms with Crippen molar-refractivity contribution in [3.8, 4) is 11.4 Å². The van der Waals surface area contributed by atoms with Crippen LogP contribution in [0.4, 0.5) is 0 Å². The molecule has 5 heteroatoms. The van der Waals surface area contributed by atoms with E-state index in [1.165, 1.54) is 0 Å². The van der Waals surface area contributed by atoms with E-state index in [-0.39, 0.29) is 5.78 Å². The molecule has 5 nitrogen and oxygen atoms in total. The lowest BCUT2D eigenvalue weighted by molar-refractivity contribution is 0.0858. The number of Topliss-reactive ketones (excluding diaryl/α,β-unsaturated/α-hetero) is 1. The number of aromatic amines is 1. The lowest BCUT2D eigenvalue weighted by atomic mass is 9.86. The standard InChI is InChI=1S/C13H14N2O3/c1-13(2,3)10(16)8-5-4-6-9(7-8)11-14-12(17)18-15-11/h4-7H,1-3H3,(H,14,15,17). The monoisotopic (exact) mass is 246 g/mol. The summed E-state index contributed by atoms with van der Waals surface area (Å²) in [4.78, 5) is 25.5. The van der Waals surface area contributed by atoms with Crippen LogP contribution in [0.1, 0.15) is 31.1 Å². The molecular formula is C13H14N2O3. The van der Waals surface area contributed by atoms with E-state index in [2.05, 4.69) is 14.7 Å². The summed E-state index contributed by atoms with van der Waals surface area (Å²) in [5.74, 6) is -0.253. The smallest absolute Gasteiger partial charge is 0.296 e. The molecule has 1 N–H and O–H groups in total. The predicted octanol–water partition coefficient (Wildman–Crippen LogP) is 2.26. The highest BCUT2D eigenvalue weighted by Crippen LogP contribution is 2.23. The van der Waals surface area contributed by atoms with E-state index >= 15 is 0 Å². The van der Waals surface area contributed by atoms with Gasteiger partial charge in [0.05, 0.1) is 0 Å². The largest absolute Gasteiger partial charge is 0.439 e. The number of hydrogen-bond acceptors (Lipinski definition) is 4. The lowest BCUT2D eigenvalue weighted by Crippen LogP contribution is -2.20. The van der Waals surface area contributed by atoms with Crippen molar-refractivity contribution < 1.29 is 9.32 Å². The first-order chi connectivity index (χ1) is 8.38. The van der Waals surface area contributed by atoms with Crippen LogP contribution in [-0.2, 0) is 0 Å². The van der Waals surface area contributed by atoms with Gasteiger partial charge in [0.1, 0.15) is 0 Å². The Kier molecular flexibility index (Phi) is 2.90. The molecule has 0 bridgehead atoms. The Bertz CT molecular complexity index is 632. The highest BCUT2D eigenvalue weighted by molar-refractivity contribution is 6.00. The van der Waals surface area contributed by atoms with Crippen molar-refractivity contribution in [3.05, 3.63) is 40.4 Å². The average molecular weight is 246 g/mol. The summed E-state index contributed by atoms with van der Waals surface area (Å²) in [6, 6.07) is 6.95. The Morgan fingerprint density at radius 2 is 2.06 bits per heavy atom. The third-order valence-electron chi connectivity index (χ3n) is 2.52. The van der Waals surface area contributed by atoms with Crippen molar-refractivity contribution in [3.63, 3.8) is 0 Å². The normalized spacial score (nSPS) is 11.5. The second-order valence-electron chi connectivity index (χ2n) is 5.10. The van der Waals surface area contributed by atoms with Crippen molar-refractivity contribution >= 4 is 5.78 Å². The number of H-pyrrole nitrogens is 1. The van der Waals surface area contributed by atoms with Crippen molar-refractivity contribution in [2.24, 2.45) is 5.41 Å². The zero-order chi connectivity index (χ0) is 13.3. The van der Waals surface area contributed by atoms with E-state index in [0.29, 0.717) is 17.0 Å². The molecule has 0 atom stereocenters. The molecule has 0 fully saturated rings. The summed E-state index contributed by atoms with van der Waals surface area (Å²) >= 11 is 0. The quantitative estimate of drug-likeness (QED) is 0.824. The number of aromatic nitrogens is 2. The molecule has 2 aromatic rings. The molecule has 0 amide bonds. The number of ketones is 1. The van der Waals surface area contributed by atoms with Crippen molar-refractivity contribution in [2.45, 2.75) is 20.8 Å². The lowest BCUT2D eigenvalue weighted by Gasteiger charge is -2.16. The van der Waals surface area contributed by atoms with Gasteiger partial charge < -0.3 is 0 Å². The Morgan fingerprint density at radius 1 is 1.33 bits per heavy atom. The van der Waals surface area contributed by atoms with Gasteiger partial charge in [-0.15, -0.1) is 0 Å². The van der Waals surface area contributed by atoms with Crippen LogP contribution >= 0.6 is 0 Å². The van der Waals surface area contributed by atoms with E-state index in [0.717, 1.165) is 0 Å². The zero-order valence-corrected chi connectivity index (χ0v) is 10.5. The SMILES string of the molecule is CC(C)(C)C(=O)c1cccc(-c2noc(=O)[nH]2)c1. The van der Waals surface area contributed by atoms with E-state index in [9.17, 15) is 9.59 Å². The summed E-state index contributed by atoms with van der Waals surface area (Å²) in [7, 11) is 0. The van der Waals surface area contributed by atoms with Crippen LogP contribution in [0.3, 0.4) is 0 Å². The van der Waals surface area contributed by atoms with Crippen LogP contribution < -0.4 is 5.76 Å². The molecule has 2 rings (SSSR count). The van der Waals surface area contributed by atoms with Gasteiger partial charge in [0.2, 0.25) is 0 Å². The highest BCUT2D eigenvalue weighted by atomic mass is 16.5. The third-order valence-corrected chi connectivity index (χ3v) is 2.52. The molecule has 0 radical (unpaired) electrons. The topological polar surface area (TPSA) is 76.0 Å². The number of benzene rings is 1. The number of nitrogens with zero attached hydrogens (tertiary/aromatic N) is 1. The maximum Gasteiger partial charge on any atom is 0.439 e. The van der Waals surface area contributed by atoms with Crippen LogP contribution in [-0.4, -0.2) is 15.9 Å². The molecule has 0 aliphatic heterocycles. The molecule has 1 heterocycles. The van der Waals surface area contributed by atoms with Crippen molar-refractivity contribution in [2.75, 3.05) is 0 Å². The molecular weight excluding hydrogens is 232 g/mol. The molecule has 0 aliphatic carbocycles. The van der Waals surface area contributed by atoms with Gasteiger partial charge in [0, 0.05) is 16.5 Å². The summed E-state index contributed by atoms with van der Waals surface area (Å²) in [6.07, 6.45) is 0. The fraction of sp³-hybridized carbons (Fsp3) is 0.308. The van der Waals surface area contributed by atoms with E-state index < -0.39 is 11.2 Å². The van der Waals surface area contributed by atoms with E-state index in [1.54, 1.807) is 24.3 Å². The average Bonchev–Trinajstić information content (AvgIpc) is 2.74. The Morgan fingerprint density at radius 3 is 2.61 bits per heavy atom. The van der Waals surface area contributed by atoms with Gasteiger partial charge >= 0.3 is 5.76 Å². The van der Waals surface area contributed by atoms with Crippen molar-refractivity contribution in [1.29, 1.82) is 0 Å². The number of carbonyl (C=O) groups is 1. The molecule has 18 heavy (non-hydrogen) atoms. The first kappa shape index (κ1) is 12.3. The number of hydrogen-bond donors (Lipinski definition) is 1. The Labute approximate surface area is 104 Å². The minimum Gasteiger partial charge on any atom is -0.296 e. The van der Waals surface area contributed by atoms with Crippen LogP contribution in [0.5, 0.6) is 0 Å². The van der Waals surface area contributed by atoms with Crippen molar-refractivity contribution in [1.82, 2.24) is 10.1 Å². The second-order valence-corrected chi connectivity index (χ2v) is 5.10. The van der Waals surface area contributed by atoms with Gasteiger partial charge in [-0.3, -0.25) is 14.3 Å². The Balaban J connectivity index is 2.43. The molecule has 0 unspecified atom stereocenters. The third kappa shape index (κ3) is 2.40. The van der Waals surface area contributed by atoms with E-state index in [4.69, 9.17) is 0 Å². The molecule has 0 spiro atoms. The van der Waals surface area contributed by atoms with Gasteiger partial charge in [-0.2, -0.15) is 0 Å². The summed E-state index contributed by atoms with van der Waals surface area (Å²) in [6.45, 7) is 5.58. The van der Waals surface area contributed by atoms with Gasteiger partial charge in [0.15, 0.2) is 11.6 Å². The van der Waals surface area contributed by atoms with Crippen LogP contribution in [0, 0.1) is 5.41 Å². The Hall–Kier alpha value is -2.17.